The molecular formula is C8H8N2O2S2. The van der Waals surface area contributed by atoms with E-state index in [0.29, 0.717) is 11.5 Å². The number of thioether (sulfide) groups is 2. The van der Waals surface area contributed by atoms with Crippen LogP contribution in [0.1, 0.15) is 6.42 Å². The third-order valence-electron chi connectivity index (χ3n) is 1.92. The number of hydrogen-bond acceptors (Lipinski definition) is 5. The van der Waals surface area contributed by atoms with Crippen molar-refractivity contribution in [3.8, 4) is 0 Å². The summed E-state index contributed by atoms with van der Waals surface area (Å²) in [5.41, 5.74) is 0. The van der Waals surface area contributed by atoms with Gasteiger partial charge in [0.15, 0.2) is 0 Å². The van der Waals surface area contributed by atoms with Crippen molar-refractivity contribution >= 4 is 34.5 Å². The third kappa shape index (κ3) is 1.55. The number of hydrogen-bond donors (Lipinski definition) is 1. The summed E-state index contributed by atoms with van der Waals surface area (Å²) in [6, 6.07) is 0. The highest BCUT2D eigenvalue weighted by atomic mass is 32.2. The molecule has 1 fully saturated rings. The van der Waals surface area contributed by atoms with E-state index >= 15 is 0 Å². The molecule has 0 aliphatic carbocycles. The molecule has 0 radical (unpaired) electrons. The molecule has 14 heavy (non-hydrogen) atoms. The zero-order valence-corrected chi connectivity index (χ0v) is 8.85. The second-order valence-electron chi connectivity index (χ2n) is 2.77. The quantitative estimate of drug-likeness (QED) is 0.257. The van der Waals surface area contributed by atoms with Crippen LogP contribution in [0.2, 0.25) is 0 Å². The smallest absolute Gasteiger partial charge is 0.230 e. The summed E-state index contributed by atoms with van der Waals surface area (Å²) in [6.07, 6.45) is 3.87. The minimum atomic E-state index is 0.152. The fraction of sp³-hybridized carbons (Fsp3) is 0.250. The van der Waals surface area contributed by atoms with Gasteiger partial charge in [-0.1, -0.05) is 35.3 Å². The number of fused-ring (bicyclic) bond motifs is 1. The van der Waals surface area contributed by atoms with Gasteiger partial charge in [0.1, 0.15) is 5.04 Å². The zero-order valence-electron chi connectivity index (χ0n) is 7.21. The molecule has 0 bridgehead atoms. The Morgan fingerprint density at radius 2 is 2.71 bits per heavy atom. The summed E-state index contributed by atoms with van der Waals surface area (Å²) in [5.74, 6) is 0.152. The first kappa shape index (κ1) is 9.67. The maximum atomic E-state index is 11.0. The van der Waals surface area contributed by atoms with Gasteiger partial charge in [-0.2, -0.15) is 0 Å². The van der Waals surface area contributed by atoms with Crippen molar-refractivity contribution in [3.05, 3.63) is 23.1 Å². The molecule has 2 aliphatic heterocycles. The van der Waals surface area contributed by atoms with Crippen molar-refractivity contribution in [3.63, 3.8) is 0 Å². The van der Waals surface area contributed by atoms with Gasteiger partial charge < -0.3 is 10.1 Å². The fourth-order valence-electron chi connectivity index (χ4n) is 1.19. The fourth-order valence-corrected chi connectivity index (χ4v) is 3.43. The molecule has 1 amide bonds. The monoisotopic (exact) mass is 228 g/mol. The summed E-state index contributed by atoms with van der Waals surface area (Å²) in [5, 5.41) is 12.3. The van der Waals surface area contributed by atoms with Crippen LogP contribution in [0.3, 0.4) is 0 Å². The van der Waals surface area contributed by atoms with Crippen molar-refractivity contribution in [2.24, 2.45) is 5.16 Å². The van der Waals surface area contributed by atoms with Crippen molar-refractivity contribution in [2.45, 2.75) is 11.8 Å². The number of amides is 1. The molecule has 2 rings (SSSR count). The van der Waals surface area contributed by atoms with E-state index < -0.39 is 0 Å². The normalized spacial score (nSPS) is 25.6. The minimum Gasteiger partial charge on any atom is -0.410 e. The topological polar surface area (TPSA) is 52.9 Å². The summed E-state index contributed by atoms with van der Waals surface area (Å²) in [6.45, 7) is 3.51. The molecule has 0 aromatic carbocycles. The first-order valence-electron chi connectivity index (χ1n) is 3.96. The number of β-lactam (4-membered cyclic amide) rings is 1. The molecule has 2 heterocycles. The van der Waals surface area contributed by atoms with Crippen LogP contribution in [0, 0.1) is 0 Å². The number of carbonyl (C=O) groups excluding carboxylic acids is 1. The van der Waals surface area contributed by atoms with E-state index in [1.807, 2.05) is 0 Å². The molecule has 0 unspecified atom stereocenters. The van der Waals surface area contributed by atoms with Crippen molar-refractivity contribution in [1.82, 2.24) is 4.90 Å². The van der Waals surface area contributed by atoms with Gasteiger partial charge in [-0.05, 0) is 6.08 Å². The lowest BCUT2D eigenvalue weighted by atomic mass is 10.2. The molecule has 1 N–H and O–H groups in total. The Morgan fingerprint density at radius 3 is 3.21 bits per heavy atom. The van der Waals surface area contributed by atoms with E-state index in [4.69, 9.17) is 5.21 Å². The SMILES string of the molecule is C=C/C(=N/O)SC1=CN2C(=O)C[C@H]2S1. The van der Waals surface area contributed by atoms with Crippen LogP contribution in [-0.4, -0.2) is 26.4 Å². The summed E-state index contributed by atoms with van der Waals surface area (Å²) >= 11 is 2.93. The molecule has 2 aliphatic rings. The molecule has 0 saturated carbocycles. The van der Waals surface area contributed by atoms with E-state index in [-0.39, 0.29) is 11.3 Å². The van der Waals surface area contributed by atoms with Crippen LogP contribution >= 0.6 is 23.5 Å². The predicted molar refractivity (Wildman–Crippen MR) is 57.9 cm³/mol. The van der Waals surface area contributed by atoms with Crippen molar-refractivity contribution in [1.29, 1.82) is 0 Å². The number of rotatable bonds is 2. The second kappa shape index (κ2) is 3.70. The molecular weight excluding hydrogens is 220 g/mol. The molecule has 0 spiro atoms. The second-order valence-corrected chi connectivity index (χ2v) is 5.31. The maximum Gasteiger partial charge on any atom is 0.230 e. The Labute approximate surface area is 89.7 Å². The Kier molecular flexibility index (Phi) is 2.56. The van der Waals surface area contributed by atoms with Crippen LogP contribution in [-0.2, 0) is 4.79 Å². The lowest BCUT2D eigenvalue weighted by Crippen LogP contribution is -2.44. The van der Waals surface area contributed by atoms with Gasteiger partial charge in [-0.3, -0.25) is 4.79 Å². The van der Waals surface area contributed by atoms with Gasteiger partial charge in [-0.15, -0.1) is 0 Å². The molecule has 1 atom stereocenters. The van der Waals surface area contributed by atoms with Gasteiger partial charge in [0, 0.05) is 6.20 Å². The van der Waals surface area contributed by atoms with Gasteiger partial charge in [0.25, 0.3) is 0 Å². The van der Waals surface area contributed by atoms with Crippen LogP contribution in [0.15, 0.2) is 28.2 Å². The van der Waals surface area contributed by atoms with Crippen LogP contribution in [0.4, 0.5) is 0 Å². The van der Waals surface area contributed by atoms with Gasteiger partial charge in [-0.25, -0.2) is 0 Å². The Morgan fingerprint density at radius 1 is 1.93 bits per heavy atom. The van der Waals surface area contributed by atoms with E-state index in [1.165, 1.54) is 17.8 Å². The van der Waals surface area contributed by atoms with E-state index in [9.17, 15) is 4.79 Å². The average Bonchev–Trinajstić information content (AvgIpc) is 2.51. The largest absolute Gasteiger partial charge is 0.410 e. The highest BCUT2D eigenvalue weighted by Gasteiger charge is 2.40. The van der Waals surface area contributed by atoms with E-state index in [2.05, 4.69) is 11.7 Å². The van der Waals surface area contributed by atoms with Crippen molar-refractivity contribution < 1.29 is 10.0 Å². The standard InChI is InChI=1S/C8H8N2O2S2/c1-2-5(9-12)13-8-4-10-6(11)3-7(10)14-8/h2,4,7,12H,1,3H2/b9-5-/t7-/m1/s1. The number of carbonyl (C=O) groups is 1. The van der Waals surface area contributed by atoms with Gasteiger partial charge in [0.05, 0.1) is 16.0 Å². The minimum absolute atomic E-state index is 0.152. The van der Waals surface area contributed by atoms with Crippen molar-refractivity contribution in [2.75, 3.05) is 0 Å². The Balaban J connectivity index is 2.01. The zero-order chi connectivity index (χ0) is 10.1. The average molecular weight is 228 g/mol. The van der Waals surface area contributed by atoms with Gasteiger partial charge in [0.2, 0.25) is 5.91 Å². The molecule has 4 nitrogen and oxygen atoms in total. The lowest BCUT2D eigenvalue weighted by Gasteiger charge is -2.31. The molecule has 6 heteroatoms. The molecule has 1 saturated heterocycles. The third-order valence-corrected chi connectivity index (χ3v) is 4.23. The summed E-state index contributed by atoms with van der Waals surface area (Å²) in [4.78, 5) is 12.7. The van der Waals surface area contributed by atoms with Gasteiger partial charge >= 0.3 is 0 Å². The van der Waals surface area contributed by atoms with Crippen LogP contribution in [0.25, 0.3) is 0 Å². The molecule has 0 aromatic heterocycles. The van der Waals surface area contributed by atoms with E-state index in [1.54, 1.807) is 22.9 Å². The summed E-state index contributed by atoms with van der Waals surface area (Å²) in [7, 11) is 0. The highest BCUT2D eigenvalue weighted by Crippen LogP contribution is 2.46. The molecule has 74 valence electrons. The highest BCUT2D eigenvalue weighted by molar-refractivity contribution is 8.30. The number of nitrogens with zero attached hydrogens (tertiary/aromatic N) is 2. The van der Waals surface area contributed by atoms with Crippen LogP contribution in [0.5, 0.6) is 0 Å². The van der Waals surface area contributed by atoms with Crippen LogP contribution < -0.4 is 0 Å². The molecule has 0 aromatic rings. The Hall–Kier alpha value is -0.880. The number of oxime groups is 1. The van der Waals surface area contributed by atoms with E-state index in [0.717, 1.165) is 4.24 Å². The predicted octanol–water partition coefficient (Wildman–Crippen LogP) is 1.80. The first-order valence-corrected chi connectivity index (χ1v) is 5.66. The first-order chi connectivity index (χ1) is 6.74. The summed E-state index contributed by atoms with van der Waals surface area (Å²) < 4.78 is 0.966. The Bertz CT molecular complexity index is 351. The lowest BCUT2D eigenvalue weighted by molar-refractivity contribution is -0.137. The maximum absolute atomic E-state index is 11.0.